The van der Waals surface area contributed by atoms with Crippen LogP contribution in [0, 0.1) is 5.41 Å². The highest BCUT2D eigenvalue weighted by Crippen LogP contribution is 2.31. The van der Waals surface area contributed by atoms with Crippen molar-refractivity contribution >= 4 is 11.9 Å². The van der Waals surface area contributed by atoms with E-state index in [4.69, 9.17) is 4.74 Å². The molecule has 2 aliphatic heterocycles. The van der Waals surface area contributed by atoms with Gasteiger partial charge in [0.1, 0.15) is 0 Å². The second-order valence-corrected chi connectivity index (χ2v) is 5.85. The lowest BCUT2D eigenvalue weighted by molar-refractivity contribution is -0.155. The molecule has 6 nitrogen and oxygen atoms in total. The smallest absolute Gasteiger partial charge is 0.311 e. The zero-order valence-electron chi connectivity index (χ0n) is 12.0. The molecule has 0 spiro atoms. The number of amides is 1. The van der Waals surface area contributed by atoms with E-state index < -0.39 is 16.9 Å². The SMILES string of the molecule is CCC1(C(=O)NCC2(C(=O)O)CCOCC2)CCCN1. The van der Waals surface area contributed by atoms with E-state index >= 15 is 0 Å². The quantitative estimate of drug-likeness (QED) is 0.685. The van der Waals surface area contributed by atoms with Crippen LogP contribution in [-0.4, -0.2) is 48.8 Å². The third-order valence-electron chi connectivity index (χ3n) is 4.77. The monoisotopic (exact) mass is 284 g/mol. The fraction of sp³-hybridized carbons (Fsp3) is 0.857. The number of carbonyl (C=O) groups is 2. The van der Waals surface area contributed by atoms with Crippen LogP contribution >= 0.6 is 0 Å². The third kappa shape index (κ3) is 2.81. The number of rotatable bonds is 5. The predicted octanol–water partition coefficient (Wildman–Crippen LogP) is 0.516. The largest absolute Gasteiger partial charge is 0.481 e. The minimum Gasteiger partial charge on any atom is -0.481 e. The van der Waals surface area contributed by atoms with Crippen LogP contribution in [0.4, 0.5) is 0 Å². The first-order valence-corrected chi connectivity index (χ1v) is 7.39. The van der Waals surface area contributed by atoms with Crippen LogP contribution in [-0.2, 0) is 14.3 Å². The highest BCUT2D eigenvalue weighted by atomic mass is 16.5. The number of nitrogens with one attached hydrogen (secondary N) is 2. The Kier molecular flexibility index (Phi) is 4.65. The molecule has 1 atom stereocenters. The maximum Gasteiger partial charge on any atom is 0.311 e. The van der Waals surface area contributed by atoms with Gasteiger partial charge < -0.3 is 20.5 Å². The Morgan fingerprint density at radius 2 is 2.00 bits per heavy atom. The first-order chi connectivity index (χ1) is 9.55. The Balaban J connectivity index is 1.98. The van der Waals surface area contributed by atoms with Gasteiger partial charge in [0.25, 0.3) is 0 Å². The number of aliphatic carboxylic acids is 1. The molecule has 114 valence electrons. The first-order valence-electron chi connectivity index (χ1n) is 7.39. The molecule has 6 heteroatoms. The van der Waals surface area contributed by atoms with Gasteiger partial charge in [-0.05, 0) is 38.6 Å². The average Bonchev–Trinajstić information content (AvgIpc) is 2.95. The zero-order chi connectivity index (χ0) is 14.6. The van der Waals surface area contributed by atoms with E-state index in [-0.39, 0.29) is 12.5 Å². The third-order valence-corrected chi connectivity index (χ3v) is 4.77. The second kappa shape index (κ2) is 6.10. The fourth-order valence-corrected chi connectivity index (χ4v) is 3.11. The van der Waals surface area contributed by atoms with E-state index in [1.54, 1.807) is 0 Å². The van der Waals surface area contributed by atoms with Crippen LogP contribution in [0.15, 0.2) is 0 Å². The van der Waals surface area contributed by atoms with Crippen LogP contribution in [0.1, 0.15) is 39.0 Å². The fourth-order valence-electron chi connectivity index (χ4n) is 3.11. The Bertz CT molecular complexity index is 371. The van der Waals surface area contributed by atoms with Gasteiger partial charge >= 0.3 is 5.97 Å². The molecule has 0 bridgehead atoms. The second-order valence-electron chi connectivity index (χ2n) is 5.85. The normalized spacial score (nSPS) is 29.1. The number of carboxylic acid groups (broad SMARTS) is 1. The van der Waals surface area contributed by atoms with E-state index in [0.29, 0.717) is 26.1 Å². The lowest BCUT2D eigenvalue weighted by atomic mass is 9.80. The van der Waals surface area contributed by atoms with Gasteiger partial charge in [-0.15, -0.1) is 0 Å². The zero-order valence-corrected chi connectivity index (χ0v) is 12.0. The molecule has 2 fully saturated rings. The van der Waals surface area contributed by atoms with Crippen molar-refractivity contribution < 1.29 is 19.4 Å². The van der Waals surface area contributed by atoms with E-state index in [0.717, 1.165) is 25.8 Å². The molecule has 0 aromatic rings. The molecule has 1 amide bonds. The van der Waals surface area contributed by atoms with Crippen molar-refractivity contribution in [2.45, 2.75) is 44.6 Å². The molecular weight excluding hydrogens is 260 g/mol. The van der Waals surface area contributed by atoms with Gasteiger partial charge in [-0.2, -0.15) is 0 Å². The van der Waals surface area contributed by atoms with E-state index in [2.05, 4.69) is 10.6 Å². The standard InChI is InChI=1S/C14H24N2O4/c1-2-14(4-3-7-16-14)11(17)15-10-13(12(18)19)5-8-20-9-6-13/h16H,2-10H2,1H3,(H,15,17)(H,18,19). The summed E-state index contributed by atoms with van der Waals surface area (Å²) in [6.07, 6.45) is 3.43. The molecule has 20 heavy (non-hydrogen) atoms. The number of ether oxygens (including phenoxy) is 1. The number of carboxylic acids is 1. The number of hydrogen-bond acceptors (Lipinski definition) is 4. The van der Waals surface area contributed by atoms with Crippen molar-refractivity contribution in [3.05, 3.63) is 0 Å². The van der Waals surface area contributed by atoms with Crippen LogP contribution in [0.3, 0.4) is 0 Å². The Morgan fingerprint density at radius 1 is 1.30 bits per heavy atom. The van der Waals surface area contributed by atoms with Crippen molar-refractivity contribution in [1.29, 1.82) is 0 Å². The number of hydrogen-bond donors (Lipinski definition) is 3. The Hall–Kier alpha value is -1.14. The summed E-state index contributed by atoms with van der Waals surface area (Å²) >= 11 is 0. The summed E-state index contributed by atoms with van der Waals surface area (Å²) in [4.78, 5) is 23.9. The Labute approximate surface area is 119 Å². The van der Waals surface area contributed by atoms with Crippen LogP contribution in [0.5, 0.6) is 0 Å². The van der Waals surface area contributed by atoms with Crippen molar-refractivity contribution in [2.75, 3.05) is 26.3 Å². The summed E-state index contributed by atoms with van der Waals surface area (Å²) in [5.74, 6) is -0.907. The first kappa shape index (κ1) is 15.3. The summed E-state index contributed by atoms with van der Waals surface area (Å²) in [5, 5.41) is 15.6. The van der Waals surface area contributed by atoms with Crippen LogP contribution in [0.2, 0.25) is 0 Å². The molecule has 2 aliphatic rings. The molecule has 0 saturated carbocycles. The Morgan fingerprint density at radius 3 is 2.50 bits per heavy atom. The van der Waals surface area contributed by atoms with Gasteiger partial charge in [0.2, 0.25) is 5.91 Å². The molecule has 2 heterocycles. The van der Waals surface area contributed by atoms with Crippen LogP contribution < -0.4 is 10.6 Å². The maximum atomic E-state index is 12.4. The van der Waals surface area contributed by atoms with Gasteiger partial charge in [-0.1, -0.05) is 6.92 Å². The van der Waals surface area contributed by atoms with Crippen LogP contribution in [0.25, 0.3) is 0 Å². The summed E-state index contributed by atoms with van der Waals surface area (Å²) in [6, 6.07) is 0. The van der Waals surface area contributed by atoms with E-state index in [1.165, 1.54) is 0 Å². The molecular formula is C14H24N2O4. The summed E-state index contributed by atoms with van der Waals surface area (Å²) < 4.78 is 5.23. The molecule has 1 unspecified atom stereocenters. The minimum absolute atomic E-state index is 0.0652. The maximum absolute atomic E-state index is 12.4. The van der Waals surface area contributed by atoms with Crippen molar-refractivity contribution in [3.63, 3.8) is 0 Å². The summed E-state index contributed by atoms with van der Waals surface area (Å²) in [7, 11) is 0. The lowest BCUT2D eigenvalue weighted by Gasteiger charge is -2.35. The molecule has 2 rings (SSSR count). The minimum atomic E-state index is -0.874. The van der Waals surface area contributed by atoms with Crippen molar-refractivity contribution in [1.82, 2.24) is 10.6 Å². The molecule has 0 aromatic heterocycles. The number of carbonyl (C=O) groups excluding carboxylic acids is 1. The molecule has 0 aromatic carbocycles. The van der Waals surface area contributed by atoms with Gasteiger partial charge in [-0.25, -0.2) is 0 Å². The molecule has 2 saturated heterocycles. The topological polar surface area (TPSA) is 87.7 Å². The highest BCUT2D eigenvalue weighted by Gasteiger charge is 2.43. The van der Waals surface area contributed by atoms with E-state index in [1.807, 2.05) is 6.92 Å². The van der Waals surface area contributed by atoms with Gasteiger partial charge in [0.15, 0.2) is 0 Å². The van der Waals surface area contributed by atoms with E-state index in [9.17, 15) is 14.7 Å². The average molecular weight is 284 g/mol. The molecule has 0 radical (unpaired) electrons. The summed E-state index contributed by atoms with van der Waals surface area (Å²) in [5.41, 5.74) is -1.38. The molecule has 0 aliphatic carbocycles. The lowest BCUT2D eigenvalue weighted by Crippen LogP contribution is -2.56. The van der Waals surface area contributed by atoms with Gasteiger partial charge in [-0.3, -0.25) is 9.59 Å². The highest BCUT2D eigenvalue weighted by molar-refractivity contribution is 5.87. The van der Waals surface area contributed by atoms with Gasteiger partial charge in [0, 0.05) is 19.8 Å². The molecule has 3 N–H and O–H groups in total. The summed E-state index contributed by atoms with van der Waals surface area (Å²) in [6.45, 7) is 3.91. The predicted molar refractivity (Wildman–Crippen MR) is 73.4 cm³/mol. The van der Waals surface area contributed by atoms with Crippen molar-refractivity contribution in [2.24, 2.45) is 5.41 Å². The van der Waals surface area contributed by atoms with Gasteiger partial charge in [0.05, 0.1) is 11.0 Å². The van der Waals surface area contributed by atoms with Crippen molar-refractivity contribution in [3.8, 4) is 0 Å².